The van der Waals surface area contributed by atoms with E-state index in [0.717, 1.165) is 35.4 Å². The van der Waals surface area contributed by atoms with Gasteiger partial charge >= 0.3 is 11.9 Å². The van der Waals surface area contributed by atoms with Crippen LogP contribution in [-0.2, 0) is 60.6 Å². The second kappa shape index (κ2) is 34.5. The molecule has 0 unspecified atom stereocenters. The zero-order valence-corrected chi connectivity index (χ0v) is 52.4. The van der Waals surface area contributed by atoms with Gasteiger partial charge in [-0.1, -0.05) is 84.9 Å². The Balaban J connectivity index is 0.768. The standard InChI is InChI=1S/C64H80N6O20S2/c1-37(71)69-53-47(73)33-63(61(83)84,89-57(53)55(79)49(75)35-67-51(77)31-39-13-15-41-9-3-5-11-45(41)29-39)87-23-7-25-91-27-21-65-59(81)43-17-19-44(20-18-43)60(82)66-22-28-92-26-8-24-88-64(62(85)86)34-48(74)54(70-38(2)72)58(90-64)56(80)50(76)36-68-52(78)32-40-14-16-42-10-4-6-12-46(42)30-40/h3-6,9-20,29-30,47-50,53-58,73-76,79-80H,7-8,21-28,31-36H2,1-2H3,(H,65,81)(H,66,82)(H,67,77)(H,68,78)(H,69,71)(H,70,72)(H,83,84)(H,85,86)/t47-,48-,49+,50+,53+,54+,55+,56+,57+,58+,63+,64+/m0/s1. The van der Waals surface area contributed by atoms with Gasteiger partial charge in [0.15, 0.2) is 0 Å². The molecular weight excluding hydrogens is 1240 g/mol. The lowest BCUT2D eigenvalue weighted by Crippen LogP contribution is -2.68. The number of carboxylic acid groups (broad SMARTS) is 2. The van der Waals surface area contributed by atoms with Crippen molar-refractivity contribution in [1.29, 1.82) is 0 Å². The molecule has 498 valence electrons. The van der Waals surface area contributed by atoms with Gasteiger partial charge in [0.25, 0.3) is 23.4 Å². The summed E-state index contributed by atoms with van der Waals surface area (Å²) in [4.78, 5) is 101. The van der Waals surface area contributed by atoms with Crippen LogP contribution in [0.2, 0.25) is 0 Å². The number of thioether (sulfide) groups is 2. The maximum atomic E-state index is 12.9. The summed E-state index contributed by atoms with van der Waals surface area (Å²) in [5.74, 6) is -9.36. The monoisotopic (exact) mass is 1320 g/mol. The Hall–Kier alpha value is -7.32. The molecule has 0 aromatic heterocycles. The second-order valence-electron chi connectivity index (χ2n) is 22.4. The van der Waals surface area contributed by atoms with Crippen molar-refractivity contribution in [2.24, 2.45) is 0 Å². The number of hydrogen-bond donors (Lipinski definition) is 14. The minimum absolute atomic E-state index is 0.0337. The molecule has 0 aliphatic carbocycles. The molecule has 0 radical (unpaired) electrons. The predicted octanol–water partition coefficient (Wildman–Crippen LogP) is 0.765. The molecular formula is C64H80N6O20S2. The van der Waals surface area contributed by atoms with E-state index >= 15 is 0 Å². The lowest BCUT2D eigenvalue weighted by molar-refractivity contribution is -0.310. The molecule has 26 nitrogen and oxygen atoms in total. The molecule has 12 atom stereocenters. The van der Waals surface area contributed by atoms with Gasteiger partial charge in [-0.15, -0.1) is 0 Å². The summed E-state index contributed by atoms with van der Waals surface area (Å²) in [6, 6.07) is 29.6. The molecule has 2 heterocycles. The molecule has 2 aliphatic rings. The van der Waals surface area contributed by atoms with Crippen molar-refractivity contribution in [1.82, 2.24) is 31.9 Å². The van der Waals surface area contributed by atoms with E-state index in [1.165, 1.54) is 47.8 Å². The van der Waals surface area contributed by atoms with Crippen molar-refractivity contribution < 1.29 is 98.2 Å². The number of aliphatic carboxylic acids is 2. The van der Waals surface area contributed by atoms with Gasteiger partial charge < -0.3 is 91.7 Å². The third-order valence-electron chi connectivity index (χ3n) is 15.4. The lowest BCUT2D eigenvalue weighted by Gasteiger charge is -2.46. The Kier molecular flexibility index (Phi) is 27.1. The normalized spacial score (nSPS) is 22.7. The number of amides is 6. The van der Waals surface area contributed by atoms with Gasteiger partial charge in [-0.2, -0.15) is 23.5 Å². The van der Waals surface area contributed by atoms with Gasteiger partial charge in [0.05, 0.1) is 62.6 Å². The summed E-state index contributed by atoms with van der Waals surface area (Å²) >= 11 is 2.85. The minimum Gasteiger partial charge on any atom is -0.477 e. The van der Waals surface area contributed by atoms with Crippen LogP contribution in [0.25, 0.3) is 21.5 Å². The number of ether oxygens (including phenoxy) is 4. The van der Waals surface area contributed by atoms with E-state index in [2.05, 4.69) is 31.9 Å². The number of carbonyl (C=O) groups excluding carboxylic acids is 6. The van der Waals surface area contributed by atoms with Crippen LogP contribution in [0.15, 0.2) is 109 Å². The third-order valence-corrected chi connectivity index (χ3v) is 17.5. The highest BCUT2D eigenvalue weighted by Gasteiger charge is 2.57. The number of fused-ring (bicyclic) bond motifs is 2. The Morgan fingerprint density at radius 3 is 1.25 bits per heavy atom. The molecule has 2 aliphatic heterocycles. The molecule has 92 heavy (non-hydrogen) atoms. The predicted molar refractivity (Wildman–Crippen MR) is 339 cm³/mol. The number of carbonyl (C=O) groups is 8. The highest BCUT2D eigenvalue weighted by Crippen LogP contribution is 2.36. The van der Waals surface area contributed by atoms with Crippen LogP contribution in [0, 0.1) is 0 Å². The number of nitrogens with one attached hydrogen (secondary N) is 6. The Morgan fingerprint density at radius 1 is 0.522 bits per heavy atom. The minimum atomic E-state index is -2.48. The molecule has 5 aromatic rings. The first-order valence-corrected chi connectivity index (χ1v) is 32.3. The van der Waals surface area contributed by atoms with Crippen molar-refractivity contribution in [2.45, 2.75) is 125 Å². The zero-order chi connectivity index (χ0) is 66.5. The Bertz CT molecular complexity index is 3130. The maximum absolute atomic E-state index is 12.9. The van der Waals surface area contributed by atoms with E-state index in [9.17, 15) is 79.2 Å². The third kappa shape index (κ3) is 20.3. The van der Waals surface area contributed by atoms with Crippen LogP contribution < -0.4 is 31.9 Å². The lowest BCUT2D eigenvalue weighted by atomic mass is 9.88. The molecule has 0 saturated carbocycles. The fourth-order valence-electron chi connectivity index (χ4n) is 10.7. The second-order valence-corrected chi connectivity index (χ2v) is 24.9. The van der Waals surface area contributed by atoms with Crippen LogP contribution in [0.5, 0.6) is 0 Å². The van der Waals surface area contributed by atoms with Gasteiger partial charge in [-0.25, -0.2) is 9.59 Å². The average molecular weight is 1320 g/mol. The summed E-state index contributed by atoms with van der Waals surface area (Å²) in [6.07, 6.45) is -14.6. The van der Waals surface area contributed by atoms with Crippen LogP contribution in [0.3, 0.4) is 0 Å². The fourth-order valence-corrected chi connectivity index (χ4v) is 12.2. The average Bonchev–Trinajstić information content (AvgIpc) is 0.815. The molecule has 5 aromatic carbocycles. The van der Waals surface area contributed by atoms with Gasteiger partial charge in [-0.3, -0.25) is 28.8 Å². The van der Waals surface area contributed by atoms with Gasteiger partial charge in [0, 0.05) is 75.5 Å². The molecule has 14 N–H and O–H groups in total. The number of rotatable bonds is 34. The number of hydrogen-bond acceptors (Lipinski definition) is 20. The Morgan fingerprint density at radius 2 is 0.891 bits per heavy atom. The van der Waals surface area contributed by atoms with Crippen molar-refractivity contribution in [3.05, 3.63) is 131 Å². The number of aliphatic hydroxyl groups is 6. The van der Waals surface area contributed by atoms with Crippen LogP contribution >= 0.6 is 23.5 Å². The molecule has 28 heteroatoms. The van der Waals surface area contributed by atoms with E-state index in [0.29, 0.717) is 58.1 Å². The Labute approximate surface area is 538 Å². The fraction of sp³-hybridized carbons (Fsp3) is 0.469. The van der Waals surface area contributed by atoms with E-state index < -0.39 is 146 Å². The first-order chi connectivity index (χ1) is 44.0. The molecule has 2 fully saturated rings. The van der Waals surface area contributed by atoms with Crippen LogP contribution in [0.1, 0.15) is 71.4 Å². The number of carboxylic acids is 2. The van der Waals surface area contributed by atoms with Gasteiger partial charge in [0.2, 0.25) is 23.6 Å². The van der Waals surface area contributed by atoms with E-state index in [-0.39, 0.29) is 39.1 Å². The molecule has 7 rings (SSSR count). The van der Waals surface area contributed by atoms with Gasteiger partial charge in [-0.05, 0) is 81.3 Å². The summed E-state index contributed by atoms with van der Waals surface area (Å²) < 4.78 is 23.1. The smallest absolute Gasteiger partial charge is 0.364 e. The first kappa shape index (κ1) is 72.1. The highest BCUT2D eigenvalue weighted by molar-refractivity contribution is 7.99. The van der Waals surface area contributed by atoms with Crippen molar-refractivity contribution >= 4 is 92.5 Å². The van der Waals surface area contributed by atoms with Crippen LogP contribution in [0.4, 0.5) is 0 Å². The maximum Gasteiger partial charge on any atom is 0.364 e. The SMILES string of the molecule is CC(=O)N[C@H]1[C@H]([C@H](O)[C@H](O)CNC(=O)Cc2ccc3ccccc3c2)O[C@@](OCCCSCCNC(=O)c2ccc(C(=O)NCCSCCCO[C@]3(C(=O)O)C[C@H](O)[C@@H](NC(C)=O)[C@H]([C@H](O)[C@H](O)CNC(=O)Cc4ccc5ccccc5c4)O3)cc2)(C(=O)O)C[C@@H]1O. The largest absolute Gasteiger partial charge is 0.477 e. The van der Waals surface area contributed by atoms with E-state index in [1.807, 2.05) is 72.8 Å². The van der Waals surface area contributed by atoms with E-state index in [4.69, 9.17) is 18.9 Å². The van der Waals surface area contributed by atoms with E-state index in [1.54, 1.807) is 12.1 Å². The first-order valence-electron chi connectivity index (χ1n) is 30.0. The van der Waals surface area contributed by atoms with Crippen molar-refractivity contribution in [3.63, 3.8) is 0 Å². The summed E-state index contributed by atoms with van der Waals surface area (Å²) in [5, 5.41) is 107. The summed E-state index contributed by atoms with van der Waals surface area (Å²) in [7, 11) is 0. The molecule has 2 saturated heterocycles. The zero-order valence-electron chi connectivity index (χ0n) is 50.8. The number of benzene rings is 5. The topological polar surface area (TPSA) is 408 Å². The molecule has 6 amide bonds. The number of aliphatic hydroxyl groups excluding tert-OH is 6. The summed E-state index contributed by atoms with van der Waals surface area (Å²) in [5.41, 5.74) is 2.01. The van der Waals surface area contributed by atoms with Crippen LogP contribution in [-0.4, -0.2) is 223 Å². The van der Waals surface area contributed by atoms with Crippen molar-refractivity contribution in [3.8, 4) is 0 Å². The summed E-state index contributed by atoms with van der Waals surface area (Å²) in [6.45, 7) is 1.52. The highest BCUT2D eigenvalue weighted by atomic mass is 32.2. The molecule has 0 bridgehead atoms. The molecule has 0 spiro atoms. The van der Waals surface area contributed by atoms with Gasteiger partial charge in [0.1, 0.15) is 24.4 Å². The quantitative estimate of drug-likeness (QED) is 0.0253. The van der Waals surface area contributed by atoms with Crippen molar-refractivity contribution in [2.75, 3.05) is 62.4 Å².